The van der Waals surface area contributed by atoms with Crippen molar-refractivity contribution < 1.29 is 4.39 Å². The summed E-state index contributed by atoms with van der Waals surface area (Å²) < 4.78 is 13.3. The topological polar surface area (TPSA) is 24.9 Å². The van der Waals surface area contributed by atoms with Crippen LogP contribution in [0.5, 0.6) is 0 Å². The Hall–Kier alpha value is -1.74. The fraction of sp³-hybridized carbons (Fsp3) is 0.476. The largest absolute Gasteiger partial charge is 0.319 e. The molecule has 0 aliphatic carbocycles. The normalized spacial score (nSPS) is 13.8. The Balaban J connectivity index is 2.65. The lowest BCUT2D eigenvalue weighted by atomic mass is 9.88. The van der Waals surface area contributed by atoms with Gasteiger partial charge in [-0.1, -0.05) is 27.7 Å². The Labute approximate surface area is 145 Å². The Morgan fingerprint density at radius 1 is 1.08 bits per heavy atom. The van der Waals surface area contributed by atoms with Crippen molar-refractivity contribution in [3.63, 3.8) is 0 Å². The van der Waals surface area contributed by atoms with E-state index in [1.165, 1.54) is 23.3 Å². The molecule has 1 aromatic heterocycles. The molecule has 0 aliphatic rings. The second-order valence-corrected chi connectivity index (χ2v) is 6.59. The van der Waals surface area contributed by atoms with Gasteiger partial charge in [-0.3, -0.25) is 4.98 Å². The van der Waals surface area contributed by atoms with Crippen LogP contribution < -0.4 is 5.32 Å². The Bertz CT molecular complexity index is 664. The van der Waals surface area contributed by atoms with E-state index >= 15 is 0 Å². The molecule has 24 heavy (non-hydrogen) atoms. The predicted molar refractivity (Wildman–Crippen MR) is 100 cm³/mol. The maximum atomic E-state index is 13.3. The van der Waals surface area contributed by atoms with Gasteiger partial charge in [-0.25, -0.2) is 4.39 Å². The van der Waals surface area contributed by atoms with Gasteiger partial charge in [0.25, 0.3) is 0 Å². The highest BCUT2D eigenvalue weighted by atomic mass is 19.1. The van der Waals surface area contributed by atoms with Crippen LogP contribution in [0.25, 0.3) is 11.3 Å². The van der Waals surface area contributed by atoms with Crippen molar-refractivity contribution in [1.29, 1.82) is 0 Å². The third-order valence-corrected chi connectivity index (χ3v) is 4.81. The number of hydrogen-bond acceptors (Lipinski definition) is 2. The molecule has 0 saturated heterocycles. The monoisotopic (exact) mass is 328 g/mol. The zero-order valence-electron chi connectivity index (χ0n) is 15.5. The van der Waals surface area contributed by atoms with Crippen molar-refractivity contribution in [3.05, 3.63) is 53.0 Å². The highest BCUT2D eigenvalue weighted by molar-refractivity contribution is 5.65. The number of likely N-dealkylation sites (N-methyl/N-ethyl adjacent to an activating group) is 1. The third-order valence-electron chi connectivity index (χ3n) is 4.81. The van der Waals surface area contributed by atoms with E-state index in [1.807, 2.05) is 19.2 Å². The summed E-state index contributed by atoms with van der Waals surface area (Å²) in [6.45, 7) is 9.75. The number of benzene rings is 1. The van der Waals surface area contributed by atoms with E-state index in [-0.39, 0.29) is 5.82 Å². The third kappa shape index (κ3) is 4.02. The van der Waals surface area contributed by atoms with Crippen molar-refractivity contribution in [1.82, 2.24) is 10.3 Å². The summed E-state index contributed by atoms with van der Waals surface area (Å²) >= 11 is 0. The van der Waals surface area contributed by atoms with Crippen molar-refractivity contribution in [2.24, 2.45) is 0 Å². The molecular formula is C21H29FN2. The highest BCUT2D eigenvalue weighted by Crippen LogP contribution is 2.33. The lowest BCUT2D eigenvalue weighted by molar-refractivity contribution is 0.628. The molecule has 2 rings (SSSR count). The van der Waals surface area contributed by atoms with Crippen molar-refractivity contribution in [3.8, 4) is 11.3 Å². The van der Waals surface area contributed by atoms with Crippen LogP contribution in [-0.2, 0) is 6.42 Å². The van der Waals surface area contributed by atoms with E-state index in [4.69, 9.17) is 4.98 Å². The molecular weight excluding hydrogens is 299 g/mol. The molecule has 130 valence electrons. The summed E-state index contributed by atoms with van der Waals surface area (Å²) in [6.07, 6.45) is 2.03. The van der Waals surface area contributed by atoms with Crippen LogP contribution in [0.4, 0.5) is 4.39 Å². The summed E-state index contributed by atoms with van der Waals surface area (Å²) in [5.74, 6) is 0.615. The molecule has 0 aliphatic heterocycles. The SMILES string of the molecule is CCc1c(C(C)CC)cc(C(C)CNC)nc1-c1ccc(F)cc1. The summed E-state index contributed by atoms with van der Waals surface area (Å²) in [6, 6.07) is 8.99. The summed E-state index contributed by atoms with van der Waals surface area (Å²) in [5.41, 5.74) is 5.78. The van der Waals surface area contributed by atoms with Gasteiger partial charge in [0.1, 0.15) is 5.82 Å². The van der Waals surface area contributed by atoms with Gasteiger partial charge in [-0.05, 0) is 67.3 Å². The minimum atomic E-state index is -0.210. The van der Waals surface area contributed by atoms with E-state index in [2.05, 4.69) is 39.1 Å². The standard InChI is InChI=1S/C21H29FN2/c1-6-14(3)19-12-20(15(4)13-23-5)24-21(18(19)7-2)16-8-10-17(22)11-9-16/h8-12,14-15,23H,6-7,13H2,1-5H3. The number of hydrogen-bond donors (Lipinski definition) is 1. The second-order valence-electron chi connectivity index (χ2n) is 6.59. The van der Waals surface area contributed by atoms with Gasteiger partial charge in [0.2, 0.25) is 0 Å². The van der Waals surface area contributed by atoms with Crippen LogP contribution in [0.2, 0.25) is 0 Å². The molecule has 0 saturated carbocycles. The van der Waals surface area contributed by atoms with Gasteiger partial charge in [-0.2, -0.15) is 0 Å². The average Bonchev–Trinajstić information content (AvgIpc) is 2.60. The zero-order chi connectivity index (χ0) is 17.7. The maximum absolute atomic E-state index is 13.3. The van der Waals surface area contributed by atoms with Gasteiger partial charge in [0.05, 0.1) is 5.69 Å². The van der Waals surface area contributed by atoms with Gasteiger partial charge in [0, 0.05) is 23.7 Å². The molecule has 2 nitrogen and oxygen atoms in total. The molecule has 0 bridgehead atoms. The highest BCUT2D eigenvalue weighted by Gasteiger charge is 2.18. The number of nitrogens with one attached hydrogen (secondary N) is 1. The fourth-order valence-electron chi connectivity index (χ4n) is 3.15. The molecule has 2 aromatic rings. The number of aromatic nitrogens is 1. The molecule has 3 heteroatoms. The summed E-state index contributed by atoms with van der Waals surface area (Å²) in [7, 11) is 1.97. The van der Waals surface area contributed by atoms with Crippen molar-refractivity contribution in [2.75, 3.05) is 13.6 Å². The summed E-state index contributed by atoms with van der Waals surface area (Å²) in [5, 5.41) is 3.23. The molecule has 1 N–H and O–H groups in total. The van der Waals surface area contributed by atoms with E-state index in [1.54, 1.807) is 0 Å². The first-order valence-corrected chi connectivity index (χ1v) is 8.95. The predicted octanol–water partition coefficient (Wildman–Crippen LogP) is 5.29. The molecule has 0 spiro atoms. The van der Waals surface area contributed by atoms with Gasteiger partial charge in [-0.15, -0.1) is 0 Å². The van der Waals surface area contributed by atoms with Gasteiger partial charge in [0.15, 0.2) is 0 Å². The number of pyridine rings is 1. The zero-order valence-corrected chi connectivity index (χ0v) is 15.5. The Kier molecular flexibility index (Phi) is 6.50. The minimum absolute atomic E-state index is 0.210. The smallest absolute Gasteiger partial charge is 0.123 e. The van der Waals surface area contributed by atoms with E-state index < -0.39 is 0 Å². The van der Waals surface area contributed by atoms with E-state index in [0.29, 0.717) is 11.8 Å². The van der Waals surface area contributed by atoms with Crippen LogP contribution in [-0.4, -0.2) is 18.6 Å². The van der Waals surface area contributed by atoms with Crippen LogP contribution in [0.3, 0.4) is 0 Å². The van der Waals surface area contributed by atoms with E-state index in [9.17, 15) is 4.39 Å². The lowest BCUT2D eigenvalue weighted by Crippen LogP contribution is -2.17. The number of nitrogens with zero attached hydrogens (tertiary/aromatic N) is 1. The first-order chi connectivity index (χ1) is 11.5. The van der Waals surface area contributed by atoms with Crippen LogP contribution in [0.1, 0.15) is 62.8 Å². The molecule has 0 radical (unpaired) electrons. The van der Waals surface area contributed by atoms with Crippen LogP contribution >= 0.6 is 0 Å². The quantitative estimate of drug-likeness (QED) is 0.747. The van der Waals surface area contributed by atoms with Crippen LogP contribution in [0.15, 0.2) is 30.3 Å². The van der Waals surface area contributed by atoms with Gasteiger partial charge >= 0.3 is 0 Å². The second kappa shape index (κ2) is 8.39. The van der Waals surface area contributed by atoms with Crippen molar-refractivity contribution in [2.45, 2.75) is 52.4 Å². The molecule has 1 aromatic carbocycles. The molecule has 0 fully saturated rings. The molecule has 2 atom stereocenters. The Morgan fingerprint density at radius 2 is 1.75 bits per heavy atom. The Morgan fingerprint density at radius 3 is 2.29 bits per heavy atom. The van der Waals surface area contributed by atoms with Gasteiger partial charge < -0.3 is 5.32 Å². The lowest BCUT2D eigenvalue weighted by Gasteiger charge is -2.21. The minimum Gasteiger partial charge on any atom is -0.319 e. The van der Waals surface area contributed by atoms with Crippen LogP contribution in [0, 0.1) is 5.82 Å². The fourth-order valence-corrected chi connectivity index (χ4v) is 3.15. The molecule has 1 heterocycles. The number of halogens is 1. The molecule has 2 unspecified atom stereocenters. The maximum Gasteiger partial charge on any atom is 0.123 e. The molecule has 0 amide bonds. The van der Waals surface area contributed by atoms with E-state index in [0.717, 1.165) is 36.3 Å². The summed E-state index contributed by atoms with van der Waals surface area (Å²) in [4.78, 5) is 4.98. The first kappa shape index (κ1) is 18.6. The first-order valence-electron chi connectivity index (χ1n) is 8.95. The average molecular weight is 328 g/mol. The van der Waals surface area contributed by atoms with Crippen molar-refractivity contribution >= 4 is 0 Å². The number of rotatable bonds is 7.